The Labute approximate surface area is 59.3 Å². The van der Waals surface area contributed by atoms with Crippen molar-refractivity contribution in [1.82, 2.24) is 0 Å². The summed E-state index contributed by atoms with van der Waals surface area (Å²) < 4.78 is 4.33. The van der Waals surface area contributed by atoms with E-state index in [4.69, 9.17) is 5.73 Å². The molecule has 0 aromatic carbocycles. The summed E-state index contributed by atoms with van der Waals surface area (Å²) in [5, 5.41) is 0. The Balaban J connectivity index is 3.34. The monoisotopic (exact) mass is 145 g/mol. The zero-order chi connectivity index (χ0) is 7.98. The average Bonchev–Trinajstić information content (AvgIpc) is 1.99. The smallest absolute Gasteiger partial charge is 0.305 e. The van der Waals surface area contributed by atoms with Crippen LogP contribution in [-0.2, 0) is 14.3 Å². The lowest BCUT2D eigenvalue weighted by atomic mass is 10.2. The first kappa shape index (κ1) is 9.10. The summed E-state index contributed by atoms with van der Waals surface area (Å²) in [5.74, 6) is -0.336. The van der Waals surface area contributed by atoms with Crippen molar-refractivity contribution in [3.8, 4) is 0 Å². The molecule has 0 bridgehead atoms. The van der Waals surface area contributed by atoms with Gasteiger partial charge < -0.3 is 15.3 Å². The van der Waals surface area contributed by atoms with Gasteiger partial charge in [-0.25, -0.2) is 0 Å². The molecule has 0 rings (SSSR count). The van der Waals surface area contributed by atoms with E-state index >= 15 is 0 Å². The lowest BCUT2D eigenvalue weighted by Crippen LogP contribution is -2.22. The van der Waals surface area contributed by atoms with Crippen LogP contribution in [0.2, 0.25) is 0 Å². The molecule has 0 saturated carbocycles. The van der Waals surface area contributed by atoms with E-state index < -0.39 is 6.04 Å². The third kappa shape index (κ3) is 4.03. The molecule has 0 aromatic rings. The van der Waals surface area contributed by atoms with Crippen molar-refractivity contribution in [3.05, 3.63) is 0 Å². The lowest BCUT2D eigenvalue weighted by molar-refractivity contribution is -0.140. The Hall–Kier alpha value is -0.900. The van der Waals surface area contributed by atoms with E-state index in [-0.39, 0.29) is 12.4 Å². The Morgan fingerprint density at radius 3 is 2.80 bits per heavy atom. The summed E-state index contributed by atoms with van der Waals surface area (Å²) in [5.41, 5.74) is 5.20. The molecule has 0 radical (unpaired) electrons. The number of methoxy groups -OCH3 is 1. The third-order valence-corrected chi connectivity index (χ3v) is 1.08. The van der Waals surface area contributed by atoms with Crippen molar-refractivity contribution in [2.75, 3.05) is 7.11 Å². The van der Waals surface area contributed by atoms with Crippen LogP contribution in [0.3, 0.4) is 0 Å². The minimum atomic E-state index is -0.543. The van der Waals surface area contributed by atoms with Crippen molar-refractivity contribution in [2.24, 2.45) is 5.73 Å². The maximum atomic E-state index is 10.4. The van der Waals surface area contributed by atoms with Gasteiger partial charge in [-0.1, -0.05) is 0 Å². The highest BCUT2D eigenvalue weighted by Gasteiger charge is 2.04. The van der Waals surface area contributed by atoms with Crippen LogP contribution in [0.1, 0.15) is 12.8 Å². The van der Waals surface area contributed by atoms with Crippen molar-refractivity contribution in [3.63, 3.8) is 0 Å². The predicted molar refractivity (Wildman–Crippen MR) is 35.3 cm³/mol. The molecule has 4 heteroatoms. The van der Waals surface area contributed by atoms with Crippen LogP contribution in [0.5, 0.6) is 0 Å². The van der Waals surface area contributed by atoms with E-state index in [2.05, 4.69) is 4.74 Å². The van der Waals surface area contributed by atoms with Gasteiger partial charge in [0.2, 0.25) is 0 Å². The number of hydrogen-bond donors (Lipinski definition) is 1. The Morgan fingerprint density at radius 1 is 1.80 bits per heavy atom. The first-order chi connectivity index (χ1) is 4.70. The highest BCUT2D eigenvalue weighted by molar-refractivity contribution is 5.70. The number of aldehydes is 1. The van der Waals surface area contributed by atoms with Gasteiger partial charge in [0.25, 0.3) is 0 Å². The van der Waals surface area contributed by atoms with Crippen LogP contribution in [-0.4, -0.2) is 25.4 Å². The molecule has 0 aliphatic heterocycles. The SMILES string of the molecule is COC(=O)CCC(N)C=O. The summed E-state index contributed by atoms with van der Waals surface area (Å²) in [6.45, 7) is 0. The molecule has 0 saturated heterocycles. The van der Waals surface area contributed by atoms with E-state index in [0.717, 1.165) is 0 Å². The maximum Gasteiger partial charge on any atom is 0.305 e. The topological polar surface area (TPSA) is 69.4 Å². The molecule has 0 heterocycles. The fourth-order valence-electron chi connectivity index (χ4n) is 0.455. The highest BCUT2D eigenvalue weighted by Crippen LogP contribution is 1.93. The quantitative estimate of drug-likeness (QED) is 0.426. The molecule has 1 atom stereocenters. The molecular weight excluding hydrogens is 134 g/mol. The minimum absolute atomic E-state index is 0.205. The van der Waals surface area contributed by atoms with Crippen molar-refractivity contribution < 1.29 is 14.3 Å². The van der Waals surface area contributed by atoms with Crippen LogP contribution in [0, 0.1) is 0 Å². The number of esters is 1. The Bertz CT molecular complexity index is 124. The standard InChI is InChI=1S/C6H11NO3/c1-10-6(9)3-2-5(7)4-8/h4-5H,2-3,7H2,1H3. The van der Waals surface area contributed by atoms with E-state index in [9.17, 15) is 9.59 Å². The molecule has 2 N–H and O–H groups in total. The van der Waals surface area contributed by atoms with E-state index in [1.807, 2.05) is 0 Å². The number of nitrogens with two attached hydrogens (primary N) is 1. The molecule has 58 valence electrons. The number of rotatable bonds is 4. The Kier molecular flexibility index (Phi) is 4.49. The van der Waals surface area contributed by atoms with Gasteiger partial charge in [0.1, 0.15) is 6.29 Å². The zero-order valence-corrected chi connectivity index (χ0v) is 5.87. The minimum Gasteiger partial charge on any atom is -0.469 e. The van der Waals surface area contributed by atoms with Crippen LogP contribution in [0.25, 0.3) is 0 Å². The summed E-state index contributed by atoms with van der Waals surface area (Å²) >= 11 is 0. The van der Waals surface area contributed by atoms with Gasteiger partial charge in [-0.3, -0.25) is 4.79 Å². The van der Waals surface area contributed by atoms with Gasteiger partial charge in [-0.05, 0) is 6.42 Å². The zero-order valence-electron chi connectivity index (χ0n) is 5.87. The number of carbonyl (C=O) groups is 2. The summed E-state index contributed by atoms with van der Waals surface area (Å²) in [4.78, 5) is 20.4. The largest absolute Gasteiger partial charge is 0.469 e. The summed E-state index contributed by atoms with van der Waals surface area (Å²) in [7, 11) is 1.30. The van der Waals surface area contributed by atoms with Crippen LogP contribution >= 0.6 is 0 Å². The summed E-state index contributed by atoms with van der Waals surface area (Å²) in [6.07, 6.45) is 1.18. The second-order valence-corrected chi connectivity index (χ2v) is 1.91. The number of carbonyl (C=O) groups excluding carboxylic acids is 2. The molecule has 0 fully saturated rings. The van der Waals surface area contributed by atoms with Crippen LogP contribution in [0.15, 0.2) is 0 Å². The van der Waals surface area contributed by atoms with Gasteiger partial charge in [-0.2, -0.15) is 0 Å². The number of ether oxygens (including phenoxy) is 1. The van der Waals surface area contributed by atoms with Crippen LogP contribution < -0.4 is 5.73 Å². The fourth-order valence-corrected chi connectivity index (χ4v) is 0.455. The van der Waals surface area contributed by atoms with Crippen molar-refractivity contribution in [2.45, 2.75) is 18.9 Å². The van der Waals surface area contributed by atoms with Gasteiger partial charge in [0, 0.05) is 6.42 Å². The fraction of sp³-hybridized carbons (Fsp3) is 0.667. The molecule has 1 unspecified atom stereocenters. The lowest BCUT2D eigenvalue weighted by Gasteiger charge is -2.00. The maximum absolute atomic E-state index is 10.4. The van der Waals surface area contributed by atoms with E-state index in [1.165, 1.54) is 7.11 Å². The molecule has 4 nitrogen and oxygen atoms in total. The molecule has 0 spiro atoms. The molecule has 10 heavy (non-hydrogen) atoms. The number of hydrogen-bond acceptors (Lipinski definition) is 4. The third-order valence-electron chi connectivity index (χ3n) is 1.08. The molecule has 0 aliphatic carbocycles. The average molecular weight is 145 g/mol. The molecule has 0 aromatic heterocycles. The normalized spacial score (nSPS) is 12.2. The van der Waals surface area contributed by atoms with Gasteiger partial charge in [0.05, 0.1) is 13.2 Å². The Morgan fingerprint density at radius 2 is 2.40 bits per heavy atom. The molecule has 0 amide bonds. The molecule has 0 aliphatic rings. The van der Waals surface area contributed by atoms with Crippen molar-refractivity contribution >= 4 is 12.3 Å². The van der Waals surface area contributed by atoms with Gasteiger partial charge in [0.15, 0.2) is 0 Å². The first-order valence-electron chi connectivity index (χ1n) is 2.98. The van der Waals surface area contributed by atoms with E-state index in [0.29, 0.717) is 12.7 Å². The van der Waals surface area contributed by atoms with Gasteiger partial charge >= 0.3 is 5.97 Å². The predicted octanol–water partition coefficient (Wildman–Crippen LogP) is -0.534. The van der Waals surface area contributed by atoms with E-state index in [1.54, 1.807) is 0 Å². The first-order valence-corrected chi connectivity index (χ1v) is 2.98. The van der Waals surface area contributed by atoms with Gasteiger partial charge in [-0.15, -0.1) is 0 Å². The van der Waals surface area contributed by atoms with Crippen molar-refractivity contribution in [1.29, 1.82) is 0 Å². The highest BCUT2D eigenvalue weighted by atomic mass is 16.5. The second kappa shape index (κ2) is 4.93. The second-order valence-electron chi connectivity index (χ2n) is 1.91. The van der Waals surface area contributed by atoms with Crippen LogP contribution in [0.4, 0.5) is 0 Å². The molecular formula is C6H11NO3. The summed E-state index contributed by atoms with van der Waals surface area (Å²) in [6, 6.07) is -0.543.